The number of benzene rings is 1. The molecule has 0 heterocycles. The summed E-state index contributed by atoms with van der Waals surface area (Å²) in [5.41, 5.74) is 1.10. The number of unbranched alkanes of at least 4 members (excludes halogenated alkanes) is 1. The summed E-state index contributed by atoms with van der Waals surface area (Å²) in [5.74, 6) is -0.887. The first-order chi connectivity index (χ1) is 9.16. The molecule has 1 aromatic rings. The number of rotatable bonds is 9. The van der Waals surface area contributed by atoms with E-state index in [1.807, 2.05) is 24.1 Å². The van der Waals surface area contributed by atoms with Crippen LogP contribution in [0.15, 0.2) is 24.3 Å². The van der Waals surface area contributed by atoms with Crippen LogP contribution in [0.1, 0.15) is 36.5 Å². The molecule has 1 rings (SSSR count). The molecule has 0 atom stereocenters. The van der Waals surface area contributed by atoms with Gasteiger partial charge in [-0.1, -0.05) is 25.5 Å². The summed E-state index contributed by atoms with van der Waals surface area (Å²) < 4.78 is 5.50. The van der Waals surface area contributed by atoms with E-state index in [0.717, 1.165) is 44.7 Å². The van der Waals surface area contributed by atoms with Crippen LogP contribution in [0.3, 0.4) is 0 Å². The van der Waals surface area contributed by atoms with Gasteiger partial charge in [-0.3, -0.25) is 0 Å². The van der Waals surface area contributed by atoms with Crippen molar-refractivity contribution in [3.05, 3.63) is 29.8 Å². The SMILES string of the molecule is CCCCOCCCN(C)c1ccccc1C(=O)O. The minimum atomic E-state index is -0.887. The van der Waals surface area contributed by atoms with Gasteiger partial charge in [-0.15, -0.1) is 0 Å². The Balaban J connectivity index is 2.41. The van der Waals surface area contributed by atoms with Crippen molar-refractivity contribution < 1.29 is 14.6 Å². The summed E-state index contributed by atoms with van der Waals surface area (Å²) in [6, 6.07) is 7.07. The van der Waals surface area contributed by atoms with E-state index in [0.29, 0.717) is 5.56 Å². The number of aromatic carboxylic acids is 1. The number of ether oxygens (including phenoxy) is 1. The third-order valence-corrected chi connectivity index (χ3v) is 2.97. The smallest absolute Gasteiger partial charge is 0.337 e. The number of para-hydroxylation sites is 1. The molecule has 4 nitrogen and oxygen atoms in total. The Bertz CT molecular complexity index is 393. The van der Waals surface area contributed by atoms with E-state index in [1.54, 1.807) is 12.1 Å². The van der Waals surface area contributed by atoms with Crippen LogP contribution in [-0.2, 0) is 4.74 Å². The number of hydrogen-bond acceptors (Lipinski definition) is 3. The van der Waals surface area contributed by atoms with Gasteiger partial charge in [-0.2, -0.15) is 0 Å². The lowest BCUT2D eigenvalue weighted by Crippen LogP contribution is -2.22. The fourth-order valence-corrected chi connectivity index (χ4v) is 1.86. The van der Waals surface area contributed by atoms with Gasteiger partial charge in [0.05, 0.1) is 11.3 Å². The Hall–Kier alpha value is -1.55. The standard InChI is InChI=1S/C15H23NO3/c1-3-4-11-19-12-7-10-16(2)14-9-6-5-8-13(14)15(17)18/h5-6,8-9H,3-4,7,10-12H2,1-2H3,(H,17,18). The molecule has 0 radical (unpaired) electrons. The van der Waals surface area contributed by atoms with Crippen molar-refractivity contribution in [2.45, 2.75) is 26.2 Å². The summed E-state index contributed by atoms with van der Waals surface area (Å²) in [6.07, 6.45) is 3.14. The van der Waals surface area contributed by atoms with Gasteiger partial charge in [-0.25, -0.2) is 4.79 Å². The first kappa shape index (κ1) is 15.5. The first-order valence-electron chi connectivity index (χ1n) is 6.78. The average Bonchev–Trinajstić information content (AvgIpc) is 2.42. The van der Waals surface area contributed by atoms with E-state index < -0.39 is 5.97 Å². The van der Waals surface area contributed by atoms with Crippen LogP contribution in [0.25, 0.3) is 0 Å². The first-order valence-corrected chi connectivity index (χ1v) is 6.78. The van der Waals surface area contributed by atoms with Crippen LogP contribution in [0.2, 0.25) is 0 Å². The maximum Gasteiger partial charge on any atom is 0.337 e. The number of carboxylic acid groups (broad SMARTS) is 1. The molecule has 0 fully saturated rings. The molecule has 0 saturated carbocycles. The predicted molar refractivity (Wildman–Crippen MR) is 77.0 cm³/mol. The second kappa shape index (κ2) is 8.53. The van der Waals surface area contributed by atoms with Crippen molar-refractivity contribution in [2.24, 2.45) is 0 Å². The number of nitrogens with zero attached hydrogens (tertiary/aromatic N) is 1. The average molecular weight is 265 g/mol. The molecule has 0 unspecified atom stereocenters. The van der Waals surface area contributed by atoms with E-state index in [9.17, 15) is 4.79 Å². The van der Waals surface area contributed by atoms with Crippen molar-refractivity contribution in [3.63, 3.8) is 0 Å². The predicted octanol–water partition coefficient (Wildman–Crippen LogP) is 3.03. The summed E-state index contributed by atoms with van der Waals surface area (Å²) in [7, 11) is 1.91. The Morgan fingerprint density at radius 2 is 1.95 bits per heavy atom. The molecule has 0 saturated heterocycles. The van der Waals surface area contributed by atoms with E-state index in [-0.39, 0.29) is 0 Å². The normalized spacial score (nSPS) is 10.4. The molecule has 1 N–H and O–H groups in total. The molecule has 0 aliphatic carbocycles. The maximum atomic E-state index is 11.1. The van der Waals surface area contributed by atoms with Gasteiger partial charge in [0.25, 0.3) is 0 Å². The molecule has 0 aromatic heterocycles. The largest absolute Gasteiger partial charge is 0.478 e. The van der Waals surface area contributed by atoms with Gasteiger partial charge >= 0.3 is 5.97 Å². The Labute approximate surface area is 115 Å². The molecule has 106 valence electrons. The highest BCUT2D eigenvalue weighted by Gasteiger charge is 2.11. The summed E-state index contributed by atoms with van der Waals surface area (Å²) in [6.45, 7) is 4.46. The van der Waals surface area contributed by atoms with Crippen molar-refractivity contribution in [2.75, 3.05) is 31.7 Å². The van der Waals surface area contributed by atoms with Crippen molar-refractivity contribution in [3.8, 4) is 0 Å². The highest BCUT2D eigenvalue weighted by molar-refractivity contribution is 5.94. The highest BCUT2D eigenvalue weighted by atomic mass is 16.5. The topological polar surface area (TPSA) is 49.8 Å². The van der Waals surface area contributed by atoms with Crippen molar-refractivity contribution >= 4 is 11.7 Å². The third-order valence-electron chi connectivity index (χ3n) is 2.97. The Morgan fingerprint density at radius 3 is 2.63 bits per heavy atom. The second-order valence-electron chi connectivity index (χ2n) is 4.56. The van der Waals surface area contributed by atoms with Crippen LogP contribution in [-0.4, -0.2) is 37.9 Å². The minimum Gasteiger partial charge on any atom is -0.478 e. The number of carboxylic acids is 1. The molecule has 4 heteroatoms. The zero-order chi connectivity index (χ0) is 14.1. The van der Waals surface area contributed by atoms with E-state index in [1.165, 1.54) is 0 Å². The molecule has 1 aromatic carbocycles. The zero-order valence-corrected chi connectivity index (χ0v) is 11.8. The van der Waals surface area contributed by atoms with Crippen LogP contribution in [0.5, 0.6) is 0 Å². The monoisotopic (exact) mass is 265 g/mol. The van der Waals surface area contributed by atoms with Gasteiger partial charge in [-0.05, 0) is 25.0 Å². The van der Waals surface area contributed by atoms with Crippen molar-refractivity contribution in [1.82, 2.24) is 0 Å². The molecule has 19 heavy (non-hydrogen) atoms. The lowest BCUT2D eigenvalue weighted by Gasteiger charge is -2.21. The maximum absolute atomic E-state index is 11.1. The van der Waals surface area contributed by atoms with Crippen LogP contribution >= 0.6 is 0 Å². The minimum absolute atomic E-state index is 0.344. The van der Waals surface area contributed by atoms with Crippen LogP contribution in [0, 0.1) is 0 Å². The van der Waals surface area contributed by atoms with E-state index in [4.69, 9.17) is 9.84 Å². The number of carbonyl (C=O) groups is 1. The summed E-state index contributed by atoms with van der Waals surface area (Å²) in [4.78, 5) is 13.1. The van der Waals surface area contributed by atoms with E-state index in [2.05, 4.69) is 6.92 Å². The molecular weight excluding hydrogens is 242 g/mol. The lowest BCUT2D eigenvalue weighted by molar-refractivity contribution is 0.0697. The summed E-state index contributed by atoms with van der Waals surface area (Å²) >= 11 is 0. The molecule has 0 amide bonds. The zero-order valence-electron chi connectivity index (χ0n) is 11.8. The highest BCUT2D eigenvalue weighted by Crippen LogP contribution is 2.19. The molecule has 0 aliphatic rings. The van der Waals surface area contributed by atoms with E-state index >= 15 is 0 Å². The van der Waals surface area contributed by atoms with Gasteiger partial charge in [0, 0.05) is 26.8 Å². The van der Waals surface area contributed by atoms with Crippen LogP contribution in [0.4, 0.5) is 5.69 Å². The van der Waals surface area contributed by atoms with Gasteiger partial charge < -0.3 is 14.7 Å². The molecule has 0 bridgehead atoms. The van der Waals surface area contributed by atoms with Crippen LogP contribution < -0.4 is 4.90 Å². The van der Waals surface area contributed by atoms with Gasteiger partial charge in [0.15, 0.2) is 0 Å². The quantitative estimate of drug-likeness (QED) is 0.697. The van der Waals surface area contributed by atoms with Crippen molar-refractivity contribution in [1.29, 1.82) is 0 Å². The number of hydrogen-bond donors (Lipinski definition) is 1. The fourth-order valence-electron chi connectivity index (χ4n) is 1.86. The lowest BCUT2D eigenvalue weighted by atomic mass is 10.1. The third kappa shape index (κ3) is 5.30. The molecule has 0 spiro atoms. The van der Waals surface area contributed by atoms with Gasteiger partial charge in [0.1, 0.15) is 0 Å². The Kier molecular flexibility index (Phi) is 6.97. The van der Waals surface area contributed by atoms with Gasteiger partial charge in [0.2, 0.25) is 0 Å². The Morgan fingerprint density at radius 1 is 1.26 bits per heavy atom. The second-order valence-corrected chi connectivity index (χ2v) is 4.56. The molecule has 0 aliphatic heterocycles. The molecular formula is C15H23NO3. The fraction of sp³-hybridized carbons (Fsp3) is 0.533. The summed E-state index contributed by atoms with van der Waals surface area (Å²) in [5, 5.41) is 9.13. The number of anilines is 1.